The van der Waals surface area contributed by atoms with E-state index in [4.69, 9.17) is 4.74 Å². The monoisotopic (exact) mass is 478 g/mol. The van der Waals surface area contributed by atoms with E-state index in [0.717, 1.165) is 22.9 Å². The fraction of sp³-hybridized carbons (Fsp3) is 0.333. The van der Waals surface area contributed by atoms with Crippen molar-refractivity contribution < 1.29 is 18.7 Å². The zero-order chi connectivity index (χ0) is 24.7. The molecule has 1 saturated heterocycles. The molecule has 1 fully saturated rings. The Balaban J connectivity index is 1.38. The molecule has 3 aromatic rings. The fourth-order valence-corrected chi connectivity index (χ4v) is 4.35. The molecule has 0 radical (unpaired) electrons. The average Bonchev–Trinajstić information content (AvgIpc) is 3.27. The molecular formula is C27H31FN4O3. The predicted octanol–water partition coefficient (Wildman–Crippen LogP) is 3.47. The Bertz CT molecular complexity index is 1180. The zero-order valence-electron chi connectivity index (χ0n) is 19.7. The van der Waals surface area contributed by atoms with Crippen LogP contribution in [0.3, 0.4) is 0 Å². The number of halogens is 1. The van der Waals surface area contributed by atoms with Crippen molar-refractivity contribution in [2.75, 3.05) is 26.2 Å². The smallest absolute Gasteiger partial charge is 0.252 e. The molecule has 184 valence electrons. The Labute approximate surface area is 204 Å². The number of aromatic amines is 1. The molecule has 0 saturated carbocycles. The second-order valence-corrected chi connectivity index (χ2v) is 8.75. The third-order valence-electron chi connectivity index (χ3n) is 6.36. The maximum atomic E-state index is 13.7. The van der Waals surface area contributed by atoms with Crippen molar-refractivity contribution in [2.24, 2.45) is 0 Å². The first kappa shape index (κ1) is 24.5. The van der Waals surface area contributed by atoms with E-state index in [2.05, 4.69) is 27.5 Å². The SMILES string of the molecule is C=CCCOc1ccc(C(=O)NC2(C(=O)NCCc3c[nH]c4ccc(F)cc34)CCNCC2)cc1. The molecule has 1 aromatic heterocycles. The van der Waals surface area contributed by atoms with Crippen molar-refractivity contribution in [3.63, 3.8) is 0 Å². The molecule has 2 aromatic carbocycles. The topological polar surface area (TPSA) is 95.2 Å². The Hall–Kier alpha value is -3.65. The summed E-state index contributed by atoms with van der Waals surface area (Å²) in [4.78, 5) is 29.4. The lowest BCUT2D eigenvalue weighted by atomic mass is 9.86. The Morgan fingerprint density at radius 2 is 1.91 bits per heavy atom. The number of nitrogens with one attached hydrogen (secondary N) is 4. The Morgan fingerprint density at radius 3 is 2.66 bits per heavy atom. The predicted molar refractivity (Wildman–Crippen MR) is 134 cm³/mol. The number of rotatable bonds is 10. The molecule has 0 spiro atoms. The van der Waals surface area contributed by atoms with Crippen LogP contribution in [0.4, 0.5) is 4.39 Å². The van der Waals surface area contributed by atoms with Gasteiger partial charge in [-0.3, -0.25) is 9.59 Å². The van der Waals surface area contributed by atoms with Gasteiger partial charge in [-0.15, -0.1) is 6.58 Å². The van der Waals surface area contributed by atoms with Crippen LogP contribution in [-0.2, 0) is 11.2 Å². The minimum absolute atomic E-state index is 0.206. The van der Waals surface area contributed by atoms with Gasteiger partial charge in [-0.2, -0.15) is 0 Å². The number of fused-ring (bicyclic) bond motifs is 1. The minimum atomic E-state index is -0.992. The summed E-state index contributed by atoms with van der Waals surface area (Å²) in [6.07, 6.45) is 5.89. The summed E-state index contributed by atoms with van der Waals surface area (Å²) in [7, 11) is 0. The summed E-state index contributed by atoms with van der Waals surface area (Å²) in [6.45, 7) is 5.83. The van der Waals surface area contributed by atoms with Crippen molar-refractivity contribution in [1.29, 1.82) is 0 Å². The van der Waals surface area contributed by atoms with E-state index in [1.165, 1.54) is 12.1 Å². The van der Waals surface area contributed by atoms with E-state index in [-0.39, 0.29) is 17.6 Å². The Morgan fingerprint density at radius 1 is 1.14 bits per heavy atom. The molecule has 4 rings (SSSR count). The standard InChI is InChI=1S/C27H31FN4O3/c1-2-3-16-35-22-7-4-19(5-8-22)25(33)32-27(11-14-29-15-12-27)26(34)30-13-10-20-18-31-24-9-6-21(28)17-23(20)24/h2,4-9,17-18,29,31H,1,3,10-16H2,(H,30,34)(H,32,33). The molecular weight excluding hydrogens is 447 g/mol. The number of hydrogen-bond acceptors (Lipinski definition) is 4. The van der Waals surface area contributed by atoms with Gasteiger partial charge < -0.3 is 25.7 Å². The minimum Gasteiger partial charge on any atom is -0.493 e. The third-order valence-corrected chi connectivity index (χ3v) is 6.36. The molecule has 0 bridgehead atoms. The van der Waals surface area contributed by atoms with Crippen LogP contribution in [0.15, 0.2) is 61.3 Å². The normalized spacial score (nSPS) is 14.9. The number of amides is 2. The first-order valence-corrected chi connectivity index (χ1v) is 11.9. The van der Waals surface area contributed by atoms with E-state index < -0.39 is 5.54 Å². The lowest BCUT2D eigenvalue weighted by Crippen LogP contribution is -2.63. The molecule has 0 unspecified atom stereocenters. The first-order valence-electron chi connectivity index (χ1n) is 11.9. The van der Waals surface area contributed by atoms with Gasteiger partial charge >= 0.3 is 0 Å². The number of H-pyrrole nitrogens is 1. The van der Waals surface area contributed by atoms with Gasteiger partial charge in [0, 0.05) is 29.2 Å². The van der Waals surface area contributed by atoms with Gasteiger partial charge in [0.1, 0.15) is 17.1 Å². The third kappa shape index (κ3) is 5.89. The number of hydrogen-bond donors (Lipinski definition) is 4. The van der Waals surface area contributed by atoms with Crippen molar-refractivity contribution in [3.8, 4) is 5.75 Å². The molecule has 1 aliphatic rings. The van der Waals surface area contributed by atoms with E-state index in [9.17, 15) is 14.0 Å². The molecule has 35 heavy (non-hydrogen) atoms. The number of ether oxygens (including phenoxy) is 1. The average molecular weight is 479 g/mol. The van der Waals surface area contributed by atoms with Crippen LogP contribution in [0.1, 0.15) is 35.2 Å². The first-order chi connectivity index (χ1) is 17.0. The van der Waals surface area contributed by atoms with Gasteiger partial charge in [0.05, 0.1) is 6.61 Å². The summed E-state index contributed by atoms with van der Waals surface area (Å²) in [6, 6.07) is 11.5. The fourth-order valence-electron chi connectivity index (χ4n) is 4.35. The van der Waals surface area contributed by atoms with Crippen LogP contribution in [0.5, 0.6) is 5.75 Å². The summed E-state index contributed by atoms with van der Waals surface area (Å²) in [5, 5.41) is 10.0. The highest BCUT2D eigenvalue weighted by Crippen LogP contribution is 2.22. The largest absolute Gasteiger partial charge is 0.493 e. The molecule has 0 aliphatic carbocycles. The van der Waals surface area contributed by atoms with Gasteiger partial charge in [0.15, 0.2) is 0 Å². The highest BCUT2D eigenvalue weighted by Gasteiger charge is 2.40. The van der Waals surface area contributed by atoms with Crippen LogP contribution in [-0.4, -0.2) is 48.6 Å². The summed E-state index contributed by atoms with van der Waals surface area (Å²) in [5.74, 6) is -0.125. The lowest BCUT2D eigenvalue weighted by Gasteiger charge is -2.37. The number of aromatic nitrogens is 1. The molecule has 8 heteroatoms. The van der Waals surface area contributed by atoms with E-state index >= 15 is 0 Å². The van der Waals surface area contributed by atoms with E-state index in [1.54, 1.807) is 36.4 Å². The van der Waals surface area contributed by atoms with Gasteiger partial charge in [0.25, 0.3) is 5.91 Å². The Kier molecular flexibility index (Phi) is 7.82. The highest BCUT2D eigenvalue weighted by molar-refractivity contribution is 5.99. The molecule has 2 amide bonds. The van der Waals surface area contributed by atoms with Gasteiger partial charge in [-0.05, 0) is 86.8 Å². The van der Waals surface area contributed by atoms with Gasteiger partial charge in [-0.25, -0.2) is 4.39 Å². The molecule has 0 atom stereocenters. The molecule has 2 heterocycles. The van der Waals surface area contributed by atoms with Crippen LogP contribution in [0, 0.1) is 5.82 Å². The van der Waals surface area contributed by atoms with Crippen LogP contribution in [0.2, 0.25) is 0 Å². The van der Waals surface area contributed by atoms with Crippen LogP contribution in [0.25, 0.3) is 10.9 Å². The molecule has 7 nitrogen and oxygen atoms in total. The van der Waals surface area contributed by atoms with E-state index in [0.29, 0.717) is 56.8 Å². The van der Waals surface area contributed by atoms with Crippen molar-refractivity contribution >= 4 is 22.7 Å². The highest BCUT2D eigenvalue weighted by atomic mass is 19.1. The quantitative estimate of drug-likeness (QED) is 0.265. The van der Waals surface area contributed by atoms with Crippen LogP contribution < -0.4 is 20.7 Å². The maximum Gasteiger partial charge on any atom is 0.252 e. The zero-order valence-corrected chi connectivity index (χ0v) is 19.7. The van der Waals surface area contributed by atoms with Crippen molar-refractivity contribution in [3.05, 3.63) is 78.3 Å². The second-order valence-electron chi connectivity index (χ2n) is 8.75. The van der Waals surface area contributed by atoms with Gasteiger partial charge in [0.2, 0.25) is 5.91 Å². The lowest BCUT2D eigenvalue weighted by molar-refractivity contribution is -0.128. The van der Waals surface area contributed by atoms with Crippen molar-refractivity contribution in [1.82, 2.24) is 20.9 Å². The van der Waals surface area contributed by atoms with E-state index in [1.807, 2.05) is 6.20 Å². The summed E-state index contributed by atoms with van der Waals surface area (Å²) >= 11 is 0. The summed E-state index contributed by atoms with van der Waals surface area (Å²) in [5.41, 5.74) is 1.26. The number of piperidine rings is 1. The number of benzene rings is 2. The number of carbonyl (C=O) groups is 2. The molecule has 1 aliphatic heterocycles. The maximum absolute atomic E-state index is 13.7. The second kappa shape index (κ2) is 11.2. The van der Waals surface area contributed by atoms with Gasteiger partial charge in [-0.1, -0.05) is 6.08 Å². The van der Waals surface area contributed by atoms with Crippen LogP contribution >= 0.6 is 0 Å². The summed E-state index contributed by atoms with van der Waals surface area (Å²) < 4.78 is 19.2. The van der Waals surface area contributed by atoms with Crippen molar-refractivity contribution in [2.45, 2.75) is 31.2 Å². The number of carbonyl (C=O) groups excluding carboxylic acids is 2. The molecule has 4 N–H and O–H groups in total.